The Kier molecular flexibility index (Phi) is 5.40. The number of nitrogens with one attached hydrogen (secondary N) is 1. The Hall–Kier alpha value is -0.880. The second kappa shape index (κ2) is 5.77. The van der Waals surface area contributed by atoms with Crippen LogP contribution in [0.5, 0.6) is 0 Å². The Bertz CT molecular complexity index is 348. The second-order valence-electron chi connectivity index (χ2n) is 2.94. The lowest BCUT2D eigenvalue weighted by Gasteiger charge is -1.90. The zero-order valence-corrected chi connectivity index (χ0v) is 9.47. The van der Waals surface area contributed by atoms with Crippen molar-refractivity contribution in [1.29, 1.82) is 0 Å². The van der Waals surface area contributed by atoms with Gasteiger partial charge in [0.05, 0.1) is 16.7 Å². The highest BCUT2D eigenvalue weighted by molar-refractivity contribution is 7.84. The summed E-state index contributed by atoms with van der Waals surface area (Å²) in [5.74, 6) is 1.23. The van der Waals surface area contributed by atoms with Crippen LogP contribution in [0.25, 0.3) is 0 Å². The van der Waals surface area contributed by atoms with E-state index in [4.69, 9.17) is 13.0 Å². The standard InChI is InChI=1S/C7H12N2.CH4O3S/c1-3-5-9-6-4-8-7(9)2;1-5(2,3)4/h4,6H,3,5H2,1-2H3;1H3,(H,2,3,4). The number of H-pyrrole nitrogens is 1. The number of nitrogens with zero attached hydrogens (tertiary/aromatic N) is 1. The summed E-state index contributed by atoms with van der Waals surface area (Å²) < 4.78 is 29.4. The van der Waals surface area contributed by atoms with Crippen LogP contribution in [-0.4, -0.2) is 24.2 Å². The average molecular weight is 220 g/mol. The quantitative estimate of drug-likeness (QED) is 0.570. The Balaban J connectivity index is 0.000000292. The Morgan fingerprint density at radius 1 is 1.57 bits per heavy atom. The number of aromatic nitrogens is 2. The molecule has 1 aromatic heterocycles. The Morgan fingerprint density at radius 2 is 2.07 bits per heavy atom. The van der Waals surface area contributed by atoms with Gasteiger partial charge >= 0.3 is 0 Å². The molecule has 0 spiro atoms. The minimum atomic E-state index is -3.92. The molecular weight excluding hydrogens is 204 g/mol. The van der Waals surface area contributed by atoms with E-state index >= 15 is 0 Å². The van der Waals surface area contributed by atoms with Gasteiger partial charge in [0.1, 0.15) is 12.4 Å². The molecular formula is C8H16N2O3S. The van der Waals surface area contributed by atoms with E-state index in [-0.39, 0.29) is 0 Å². The smallest absolute Gasteiger partial charge is 0.251 e. The van der Waals surface area contributed by atoms with Crippen molar-refractivity contribution in [3.05, 3.63) is 18.2 Å². The maximum atomic E-state index is 9.08. The number of imidazole rings is 1. The van der Waals surface area contributed by atoms with Crippen molar-refractivity contribution in [2.45, 2.75) is 26.8 Å². The van der Waals surface area contributed by atoms with Gasteiger partial charge in [-0.2, -0.15) is 0 Å². The number of aromatic amines is 1. The van der Waals surface area contributed by atoms with Gasteiger partial charge in [-0.05, 0) is 6.42 Å². The monoisotopic (exact) mass is 220 g/mol. The lowest BCUT2D eigenvalue weighted by atomic mass is 10.5. The van der Waals surface area contributed by atoms with Gasteiger partial charge in [0.2, 0.25) is 0 Å². The summed E-state index contributed by atoms with van der Waals surface area (Å²) in [5, 5.41) is 0. The highest BCUT2D eigenvalue weighted by Crippen LogP contribution is 1.82. The largest absolute Gasteiger partial charge is 0.748 e. The Morgan fingerprint density at radius 3 is 2.36 bits per heavy atom. The van der Waals surface area contributed by atoms with Gasteiger partial charge < -0.3 is 4.55 Å². The van der Waals surface area contributed by atoms with Gasteiger partial charge in [0.25, 0.3) is 5.82 Å². The molecule has 0 atom stereocenters. The number of hydrogen-bond donors (Lipinski definition) is 1. The van der Waals surface area contributed by atoms with E-state index < -0.39 is 10.1 Å². The minimum absolute atomic E-state index is 0.604. The van der Waals surface area contributed by atoms with Crippen LogP contribution in [0.2, 0.25) is 0 Å². The van der Waals surface area contributed by atoms with Gasteiger partial charge in [0.15, 0.2) is 0 Å². The summed E-state index contributed by atoms with van der Waals surface area (Å²) in [6.07, 6.45) is 5.83. The third-order valence-corrected chi connectivity index (χ3v) is 1.44. The Labute approximate surface area is 84.5 Å². The molecule has 0 fully saturated rings. The van der Waals surface area contributed by atoms with Gasteiger partial charge in [-0.1, -0.05) is 6.92 Å². The molecule has 0 radical (unpaired) electrons. The molecule has 0 saturated carbocycles. The minimum Gasteiger partial charge on any atom is -0.748 e. The third-order valence-electron chi connectivity index (χ3n) is 1.44. The molecule has 0 amide bonds. The molecule has 5 nitrogen and oxygen atoms in total. The van der Waals surface area contributed by atoms with Crippen LogP contribution < -0.4 is 4.57 Å². The maximum absolute atomic E-state index is 9.08. The number of aryl methyl sites for hydroxylation is 2. The van der Waals surface area contributed by atoms with E-state index in [2.05, 4.69) is 29.6 Å². The van der Waals surface area contributed by atoms with E-state index in [1.165, 1.54) is 12.2 Å². The predicted molar refractivity (Wildman–Crippen MR) is 51.6 cm³/mol. The van der Waals surface area contributed by atoms with Crippen LogP contribution in [0, 0.1) is 6.92 Å². The summed E-state index contributed by atoms with van der Waals surface area (Å²) in [6, 6.07) is 0. The van der Waals surface area contributed by atoms with Crippen LogP contribution in [-0.2, 0) is 16.7 Å². The van der Waals surface area contributed by atoms with Crippen molar-refractivity contribution in [1.82, 2.24) is 4.98 Å². The SMILES string of the molecule is CCC[n+]1cc[nH]c1C.CS(=O)(=O)[O-]. The van der Waals surface area contributed by atoms with Crippen molar-refractivity contribution < 1.29 is 17.5 Å². The predicted octanol–water partition coefficient (Wildman–Crippen LogP) is 0.182. The van der Waals surface area contributed by atoms with Crippen molar-refractivity contribution in [3.8, 4) is 0 Å². The fraction of sp³-hybridized carbons (Fsp3) is 0.625. The van der Waals surface area contributed by atoms with Crippen LogP contribution in [0.3, 0.4) is 0 Å². The summed E-state index contributed by atoms with van der Waals surface area (Å²) in [6.45, 7) is 5.38. The first-order chi connectivity index (χ1) is 6.34. The van der Waals surface area contributed by atoms with Crippen LogP contribution >= 0.6 is 0 Å². The summed E-state index contributed by atoms with van der Waals surface area (Å²) in [5.41, 5.74) is 0. The summed E-state index contributed by atoms with van der Waals surface area (Å²) in [7, 11) is -3.92. The van der Waals surface area contributed by atoms with Gasteiger partial charge in [0, 0.05) is 13.2 Å². The first-order valence-corrected chi connectivity index (χ1v) is 6.10. The van der Waals surface area contributed by atoms with Crippen molar-refractivity contribution in [2.75, 3.05) is 6.26 Å². The molecule has 0 aliphatic rings. The average Bonchev–Trinajstić information content (AvgIpc) is 2.34. The molecule has 6 heteroatoms. The van der Waals surface area contributed by atoms with Crippen LogP contribution in [0.1, 0.15) is 19.2 Å². The lowest BCUT2D eigenvalue weighted by Crippen LogP contribution is -2.33. The second-order valence-corrected chi connectivity index (χ2v) is 4.35. The summed E-state index contributed by atoms with van der Waals surface area (Å²) in [4.78, 5) is 3.12. The van der Waals surface area contributed by atoms with Crippen molar-refractivity contribution in [2.24, 2.45) is 0 Å². The molecule has 1 aromatic rings. The highest BCUT2D eigenvalue weighted by Gasteiger charge is 2.00. The first kappa shape index (κ1) is 13.1. The van der Waals surface area contributed by atoms with Crippen LogP contribution in [0.4, 0.5) is 0 Å². The number of rotatable bonds is 2. The van der Waals surface area contributed by atoms with E-state index in [1.807, 2.05) is 6.20 Å². The molecule has 1 heterocycles. The van der Waals surface area contributed by atoms with Gasteiger partial charge in [-0.15, -0.1) is 0 Å². The molecule has 14 heavy (non-hydrogen) atoms. The normalized spacial score (nSPS) is 10.6. The first-order valence-electron chi connectivity index (χ1n) is 4.29. The fourth-order valence-electron chi connectivity index (χ4n) is 0.926. The lowest BCUT2D eigenvalue weighted by molar-refractivity contribution is -0.701. The van der Waals surface area contributed by atoms with E-state index in [0.29, 0.717) is 6.26 Å². The van der Waals surface area contributed by atoms with E-state index in [1.54, 1.807) is 0 Å². The van der Waals surface area contributed by atoms with Gasteiger partial charge in [-0.3, -0.25) is 0 Å². The van der Waals surface area contributed by atoms with E-state index in [9.17, 15) is 0 Å². The molecule has 1 N–H and O–H groups in total. The zero-order valence-electron chi connectivity index (χ0n) is 8.65. The molecule has 0 saturated heterocycles. The number of hydrogen-bond acceptors (Lipinski definition) is 3. The zero-order chi connectivity index (χ0) is 11.2. The summed E-state index contributed by atoms with van der Waals surface area (Å²) >= 11 is 0. The molecule has 0 aromatic carbocycles. The van der Waals surface area contributed by atoms with Crippen LogP contribution in [0.15, 0.2) is 12.4 Å². The molecule has 82 valence electrons. The highest BCUT2D eigenvalue weighted by atomic mass is 32.2. The maximum Gasteiger partial charge on any atom is 0.251 e. The molecule has 0 unspecified atom stereocenters. The topological polar surface area (TPSA) is 76.9 Å². The molecule has 0 aliphatic carbocycles. The van der Waals surface area contributed by atoms with Crippen molar-refractivity contribution in [3.63, 3.8) is 0 Å². The van der Waals surface area contributed by atoms with E-state index in [0.717, 1.165) is 6.54 Å². The third kappa shape index (κ3) is 7.75. The molecule has 0 aliphatic heterocycles. The van der Waals surface area contributed by atoms with Gasteiger partial charge in [-0.25, -0.2) is 18.0 Å². The van der Waals surface area contributed by atoms with Crippen molar-refractivity contribution >= 4 is 10.1 Å². The molecule has 0 bridgehead atoms. The molecule has 1 rings (SSSR count). The fourth-order valence-corrected chi connectivity index (χ4v) is 0.926.